The third-order valence-electron chi connectivity index (χ3n) is 3.89. The van der Waals surface area contributed by atoms with E-state index >= 15 is 0 Å². The van der Waals surface area contributed by atoms with Crippen LogP contribution in [0.1, 0.15) is 25.5 Å². The third-order valence-corrected chi connectivity index (χ3v) is 4.36. The molecule has 0 unspecified atom stereocenters. The van der Waals surface area contributed by atoms with Crippen LogP contribution in [0.25, 0.3) is 5.65 Å². The van der Waals surface area contributed by atoms with Gasteiger partial charge in [0.1, 0.15) is 5.65 Å². The van der Waals surface area contributed by atoms with E-state index in [0.29, 0.717) is 0 Å². The fraction of sp³-hybridized carbons (Fsp3) is 0.533. The highest BCUT2D eigenvalue weighted by Crippen LogP contribution is 2.16. The molecule has 1 atom stereocenters. The number of piperidine rings is 1. The second-order valence-corrected chi connectivity index (χ2v) is 6.56. The van der Waals surface area contributed by atoms with Gasteiger partial charge < -0.3 is 9.30 Å². The Labute approximate surface area is 122 Å². The Balaban J connectivity index is 1.65. The summed E-state index contributed by atoms with van der Waals surface area (Å²) in [5.74, 6) is 0.853. The lowest BCUT2D eigenvalue weighted by Crippen LogP contribution is -2.35. The van der Waals surface area contributed by atoms with Crippen LogP contribution in [0.15, 0.2) is 29.0 Å². The van der Waals surface area contributed by atoms with Crippen molar-refractivity contribution in [3.8, 4) is 0 Å². The molecule has 0 aliphatic carbocycles. The molecule has 1 aliphatic rings. The molecule has 2 aromatic rings. The monoisotopic (exact) mass is 321 g/mol. The van der Waals surface area contributed by atoms with Gasteiger partial charge in [0, 0.05) is 36.4 Å². The maximum atomic E-state index is 4.67. The maximum Gasteiger partial charge on any atom is 0.137 e. The van der Waals surface area contributed by atoms with Crippen molar-refractivity contribution in [3.63, 3.8) is 0 Å². The van der Waals surface area contributed by atoms with Gasteiger partial charge in [-0.25, -0.2) is 4.98 Å². The van der Waals surface area contributed by atoms with Crippen molar-refractivity contribution in [2.24, 2.45) is 5.92 Å². The van der Waals surface area contributed by atoms with Crippen molar-refractivity contribution < 1.29 is 0 Å². The lowest BCUT2D eigenvalue weighted by molar-refractivity contribution is 0.185. The number of rotatable bonds is 3. The van der Waals surface area contributed by atoms with E-state index in [1.54, 1.807) is 0 Å². The first kappa shape index (κ1) is 13.1. The van der Waals surface area contributed by atoms with E-state index in [4.69, 9.17) is 0 Å². The second kappa shape index (κ2) is 5.63. The van der Waals surface area contributed by atoms with Crippen molar-refractivity contribution in [1.29, 1.82) is 0 Å². The summed E-state index contributed by atoms with van der Waals surface area (Å²) in [4.78, 5) is 7.25. The first-order valence-corrected chi connectivity index (χ1v) is 7.85. The summed E-state index contributed by atoms with van der Waals surface area (Å²) >= 11 is 3.49. The Kier molecular flexibility index (Phi) is 3.89. The molecule has 1 fully saturated rings. The van der Waals surface area contributed by atoms with E-state index in [1.807, 2.05) is 6.07 Å². The largest absolute Gasteiger partial charge is 0.306 e. The normalized spacial score (nSPS) is 21.1. The Morgan fingerprint density at radius 3 is 3.11 bits per heavy atom. The van der Waals surface area contributed by atoms with Gasteiger partial charge in [-0.15, -0.1) is 0 Å². The number of likely N-dealkylation sites (tertiary alicyclic amines) is 1. The number of halogens is 1. The minimum Gasteiger partial charge on any atom is -0.306 e. The van der Waals surface area contributed by atoms with E-state index in [-0.39, 0.29) is 0 Å². The topological polar surface area (TPSA) is 20.5 Å². The maximum absolute atomic E-state index is 4.67. The number of hydrogen-bond donors (Lipinski definition) is 0. The fourth-order valence-corrected chi connectivity index (χ4v) is 3.25. The smallest absolute Gasteiger partial charge is 0.137 e. The molecule has 102 valence electrons. The van der Waals surface area contributed by atoms with Crippen LogP contribution in [0.2, 0.25) is 0 Å². The van der Waals surface area contributed by atoms with Crippen LogP contribution in [-0.2, 0) is 6.42 Å². The SMILES string of the molecule is C[C@@H]1CCCN(CCc2cn3cc(Br)ccc3n2)C1. The summed E-state index contributed by atoms with van der Waals surface area (Å²) in [6.07, 6.45) is 7.99. The van der Waals surface area contributed by atoms with Gasteiger partial charge in [0.15, 0.2) is 0 Å². The van der Waals surface area contributed by atoms with Gasteiger partial charge in [-0.05, 0) is 53.4 Å². The zero-order valence-corrected chi connectivity index (χ0v) is 12.9. The Hall–Kier alpha value is -0.870. The number of imidazole rings is 1. The van der Waals surface area contributed by atoms with Crippen LogP contribution >= 0.6 is 15.9 Å². The van der Waals surface area contributed by atoms with Gasteiger partial charge in [-0.2, -0.15) is 0 Å². The molecule has 0 radical (unpaired) electrons. The van der Waals surface area contributed by atoms with Gasteiger partial charge in [0.05, 0.1) is 5.69 Å². The van der Waals surface area contributed by atoms with Crippen molar-refractivity contribution in [3.05, 3.63) is 34.7 Å². The number of nitrogens with zero attached hydrogens (tertiary/aromatic N) is 3. The summed E-state index contributed by atoms with van der Waals surface area (Å²) in [7, 11) is 0. The van der Waals surface area contributed by atoms with Crippen molar-refractivity contribution in [1.82, 2.24) is 14.3 Å². The quantitative estimate of drug-likeness (QED) is 0.864. The zero-order chi connectivity index (χ0) is 13.2. The number of fused-ring (bicyclic) bond motifs is 1. The average molecular weight is 322 g/mol. The zero-order valence-electron chi connectivity index (χ0n) is 11.3. The number of hydrogen-bond acceptors (Lipinski definition) is 2. The molecule has 4 heteroatoms. The predicted octanol–water partition coefficient (Wildman–Crippen LogP) is 3.37. The highest BCUT2D eigenvalue weighted by molar-refractivity contribution is 9.10. The van der Waals surface area contributed by atoms with Gasteiger partial charge >= 0.3 is 0 Å². The van der Waals surface area contributed by atoms with E-state index in [9.17, 15) is 0 Å². The molecule has 2 aromatic heterocycles. The molecule has 1 saturated heterocycles. The Bertz CT molecular complexity index is 564. The van der Waals surface area contributed by atoms with Crippen LogP contribution < -0.4 is 0 Å². The molecule has 1 aliphatic heterocycles. The number of pyridine rings is 1. The second-order valence-electron chi connectivity index (χ2n) is 5.64. The van der Waals surface area contributed by atoms with Gasteiger partial charge in [0.2, 0.25) is 0 Å². The predicted molar refractivity (Wildman–Crippen MR) is 81.4 cm³/mol. The molecular formula is C15H20BrN3. The van der Waals surface area contributed by atoms with Crippen LogP contribution in [0.4, 0.5) is 0 Å². The third kappa shape index (κ3) is 3.18. The lowest BCUT2D eigenvalue weighted by Gasteiger charge is -2.30. The average Bonchev–Trinajstić information content (AvgIpc) is 2.78. The van der Waals surface area contributed by atoms with Crippen molar-refractivity contribution in [2.45, 2.75) is 26.2 Å². The lowest BCUT2D eigenvalue weighted by atomic mass is 10.0. The molecule has 19 heavy (non-hydrogen) atoms. The van der Waals surface area contributed by atoms with E-state index in [0.717, 1.165) is 29.0 Å². The van der Waals surface area contributed by atoms with E-state index < -0.39 is 0 Å². The fourth-order valence-electron chi connectivity index (χ4n) is 2.90. The van der Waals surface area contributed by atoms with E-state index in [2.05, 4.69) is 55.6 Å². The van der Waals surface area contributed by atoms with Gasteiger partial charge in [0.25, 0.3) is 0 Å². The number of aromatic nitrogens is 2. The minimum absolute atomic E-state index is 0.853. The first-order valence-electron chi connectivity index (χ1n) is 7.06. The Morgan fingerprint density at radius 1 is 1.37 bits per heavy atom. The molecule has 3 nitrogen and oxygen atoms in total. The summed E-state index contributed by atoms with van der Waals surface area (Å²) < 4.78 is 3.19. The van der Waals surface area contributed by atoms with Gasteiger partial charge in [-0.1, -0.05) is 6.92 Å². The van der Waals surface area contributed by atoms with Gasteiger partial charge in [-0.3, -0.25) is 0 Å². The summed E-state index contributed by atoms with van der Waals surface area (Å²) in [6.45, 7) is 5.99. The van der Waals surface area contributed by atoms with Crippen LogP contribution in [0, 0.1) is 5.92 Å². The van der Waals surface area contributed by atoms with Crippen molar-refractivity contribution in [2.75, 3.05) is 19.6 Å². The Morgan fingerprint density at radius 2 is 2.26 bits per heavy atom. The molecule has 0 spiro atoms. The summed E-state index contributed by atoms with van der Waals surface area (Å²) in [5.41, 5.74) is 2.22. The molecule has 3 rings (SSSR count). The van der Waals surface area contributed by atoms with Crippen LogP contribution in [0.3, 0.4) is 0 Å². The highest BCUT2D eigenvalue weighted by Gasteiger charge is 2.16. The molecule has 0 N–H and O–H groups in total. The summed E-state index contributed by atoms with van der Waals surface area (Å²) in [6, 6.07) is 4.09. The molecule has 3 heterocycles. The molecular weight excluding hydrogens is 302 g/mol. The first-order chi connectivity index (χ1) is 9.20. The highest BCUT2D eigenvalue weighted by atomic mass is 79.9. The molecule has 0 bridgehead atoms. The standard InChI is InChI=1S/C15H20BrN3/c1-12-3-2-7-18(9-12)8-6-14-11-19-10-13(16)4-5-15(19)17-14/h4-5,10-12H,2-3,6-9H2,1H3/t12-/m1/s1. The molecule has 0 saturated carbocycles. The van der Waals surface area contributed by atoms with Crippen molar-refractivity contribution >= 4 is 21.6 Å². The molecule has 0 amide bonds. The minimum atomic E-state index is 0.853. The summed E-state index contributed by atoms with van der Waals surface area (Å²) in [5, 5.41) is 0. The van der Waals surface area contributed by atoms with Crippen LogP contribution in [-0.4, -0.2) is 33.9 Å². The van der Waals surface area contributed by atoms with Crippen LogP contribution in [0.5, 0.6) is 0 Å². The van der Waals surface area contributed by atoms with E-state index in [1.165, 1.54) is 31.6 Å². The molecule has 0 aromatic carbocycles.